The van der Waals surface area contributed by atoms with Crippen LogP contribution in [0.1, 0.15) is 18.2 Å². The third-order valence-corrected chi connectivity index (χ3v) is 4.30. The van der Waals surface area contributed by atoms with E-state index in [2.05, 4.69) is 21.5 Å². The number of nitrogens with one attached hydrogen (secondary N) is 1. The van der Waals surface area contributed by atoms with Crippen LogP contribution in [0.5, 0.6) is 0 Å². The Morgan fingerprint density at radius 3 is 3.00 bits per heavy atom. The van der Waals surface area contributed by atoms with Gasteiger partial charge in [-0.1, -0.05) is 23.2 Å². The number of hydrogen-bond donors (Lipinski definition) is 2. The van der Waals surface area contributed by atoms with Crippen molar-refractivity contribution >= 4 is 26.5 Å². The maximum Gasteiger partial charge on any atom is 0.250 e. The van der Waals surface area contributed by atoms with Gasteiger partial charge in [-0.05, 0) is 6.92 Å². The summed E-state index contributed by atoms with van der Waals surface area (Å²) in [5, 5.41) is 16.1. The molecular weight excluding hydrogens is 274 g/mol. The van der Waals surface area contributed by atoms with Crippen LogP contribution in [0, 0.1) is 23.2 Å². The van der Waals surface area contributed by atoms with Gasteiger partial charge in [0.25, 0.3) is 10.0 Å². The Morgan fingerprint density at radius 2 is 2.39 bits per heavy atom. The zero-order valence-corrected chi connectivity index (χ0v) is 11.2. The molecular formula is C10H11N3O3S2. The molecule has 0 aromatic carbocycles. The van der Waals surface area contributed by atoms with Gasteiger partial charge in [0.1, 0.15) is 0 Å². The highest BCUT2D eigenvalue weighted by Crippen LogP contribution is 2.19. The first-order valence-corrected chi connectivity index (χ1v) is 7.32. The zero-order chi connectivity index (χ0) is 13.6. The third kappa shape index (κ3) is 4.00. The molecule has 0 fully saturated rings. The van der Waals surface area contributed by atoms with E-state index < -0.39 is 15.3 Å². The average Bonchev–Trinajstić information content (AvgIpc) is 2.75. The number of aliphatic hydroxyl groups excluding tert-OH is 1. The normalized spacial score (nSPS) is 12.1. The Bertz CT molecular complexity index is 604. The Morgan fingerprint density at radius 1 is 1.67 bits per heavy atom. The standard InChI is InChI=1S/C10H11N3O3S2/c1-8(6-11)18(15,16)13-10-12-7-9(17-10)4-2-3-5-14/h7-8,14H,3,5H2,1H3,(H,12,13). The van der Waals surface area contributed by atoms with Gasteiger partial charge < -0.3 is 5.11 Å². The summed E-state index contributed by atoms with van der Waals surface area (Å²) in [6.07, 6.45) is 1.79. The van der Waals surface area contributed by atoms with Crippen LogP contribution >= 0.6 is 11.3 Å². The number of anilines is 1. The second kappa shape index (κ2) is 6.36. The number of nitrogens with zero attached hydrogens (tertiary/aromatic N) is 2. The van der Waals surface area contributed by atoms with Crippen molar-refractivity contribution in [3.05, 3.63) is 11.1 Å². The maximum atomic E-state index is 11.6. The summed E-state index contributed by atoms with van der Waals surface area (Å²) in [6, 6.07) is 1.64. The smallest absolute Gasteiger partial charge is 0.250 e. The molecule has 1 rings (SSSR count). The van der Waals surface area contributed by atoms with Gasteiger partial charge in [0.15, 0.2) is 10.4 Å². The molecule has 0 aliphatic rings. The van der Waals surface area contributed by atoms with E-state index in [1.54, 1.807) is 6.07 Å². The van der Waals surface area contributed by atoms with E-state index in [0.717, 1.165) is 11.3 Å². The van der Waals surface area contributed by atoms with Crippen LogP contribution in [0.4, 0.5) is 5.13 Å². The Hall–Kier alpha value is -1.61. The van der Waals surface area contributed by atoms with E-state index in [-0.39, 0.29) is 11.7 Å². The maximum absolute atomic E-state index is 11.6. The molecule has 18 heavy (non-hydrogen) atoms. The van der Waals surface area contributed by atoms with Gasteiger partial charge >= 0.3 is 0 Å². The molecule has 96 valence electrons. The van der Waals surface area contributed by atoms with Crippen LogP contribution < -0.4 is 4.72 Å². The van der Waals surface area contributed by atoms with Crippen molar-refractivity contribution in [1.82, 2.24) is 4.98 Å². The molecule has 1 unspecified atom stereocenters. The van der Waals surface area contributed by atoms with Crippen LogP contribution in [-0.2, 0) is 10.0 Å². The SMILES string of the molecule is CC(C#N)S(=O)(=O)Nc1ncc(C#CCCO)s1. The van der Waals surface area contributed by atoms with Gasteiger partial charge in [-0.25, -0.2) is 13.4 Å². The molecule has 1 heterocycles. The molecule has 0 aliphatic carbocycles. The second-order valence-corrected chi connectivity index (χ2v) is 6.26. The Labute approximate surface area is 109 Å². The van der Waals surface area contributed by atoms with Crippen LogP contribution in [0.25, 0.3) is 0 Å². The average molecular weight is 285 g/mol. The predicted octanol–water partition coefficient (Wildman–Crippen LogP) is 0.531. The molecule has 2 N–H and O–H groups in total. The van der Waals surface area contributed by atoms with Crippen LogP contribution in [-0.4, -0.2) is 30.4 Å². The molecule has 0 bridgehead atoms. The minimum atomic E-state index is -3.73. The molecule has 0 saturated carbocycles. The molecule has 1 aromatic heterocycles. The highest BCUT2D eigenvalue weighted by molar-refractivity contribution is 7.93. The first kappa shape index (κ1) is 14.5. The number of sulfonamides is 1. The summed E-state index contributed by atoms with van der Waals surface area (Å²) in [7, 11) is -3.73. The summed E-state index contributed by atoms with van der Waals surface area (Å²) in [5.74, 6) is 5.44. The monoisotopic (exact) mass is 285 g/mol. The number of aromatic nitrogens is 1. The minimum absolute atomic E-state index is 0.0228. The zero-order valence-electron chi connectivity index (χ0n) is 9.54. The number of rotatable bonds is 4. The van der Waals surface area contributed by atoms with Crippen LogP contribution in [0.3, 0.4) is 0 Å². The molecule has 6 nitrogen and oxygen atoms in total. The van der Waals surface area contributed by atoms with E-state index in [9.17, 15) is 8.42 Å². The van der Waals surface area contributed by atoms with Crippen molar-refractivity contribution in [3.63, 3.8) is 0 Å². The number of hydrogen-bond acceptors (Lipinski definition) is 6. The molecule has 0 radical (unpaired) electrons. The van der Waals surface area contributed by atoms with Gasteiger partial charge in [-0.3, -0.25) is 4.72 Å². The predicted molar refractivity (Wildman–Crippen MR) is 68.3 cm³/mol. The van der Waals surface area contributed by atoms with Crippen molar-refractivity contribution in [2.75, 3.05) is 11.3 Å². The lowest BCUT2D eigenvalue weighted by Gasteiger charge is -2.04. The Balaban J connectivity index is 2.78. The van der Waals surface area contributed by atoms with E-state index in [4.69, 9.17) is 10.4 Å². The Kier molecular flexibility index (Phi) is 5.10. The van der Waals surface area contributed by atoms with E-state index in [0.29, 0.717) is 11.3 Å². The van der Waals surface area contributed by atoms with Crippen molar-refractivity contribution in [2.45, 2.75) is 18.6 Å². The second-order valence-electron chi connectivity index (χ2n) is 3.22. The van der Waals surface area contributed by atoms with Crippen molar-refractivity contribution in [1.29, 1.82) is 5.26 Å². The molecule has 8 heteroatoms. The summed E-state index contributed by atoms with van der Waals surface area (Å²) in [4.78, 5) is 4.44. The first-order valence-electron chi connectivity index (χ1n) is 4.96. The summed E-state index contributed by atoms with van der Waals surface area (Å²) in [5.41, 5.74) is 0. The highest BCUT2D eigenvalue weighted by atomic mass is 32.2. The van der Waals surface area contributed by atoms with Crippen LogP contribution in [0.15, 0.2) is 6.20 Å². The minimum Gasteiger partial charge on any atom is -0.395 e. The summed E-state index contributed by atoms with van der Waals surface area (Å²) >= 11 is 1.07. The van der Waals surface area contributed by atoms with Gasteiger partial charge in [0.05, 0.1) is 23.8 Å². The van der Waals surface area contributed by atoms with Crippen LogP contribution in [0.2, 0.25) is 0 Å². The molecule has 0 amide bonds. The third-order valence-electron chi connectivity index (χ3n) is 1.83. The lowest BCUT2D eigenvalue weighted by atomic mass is 10.4. The molecule has 0 aliphatic heterocycles. The quantitative estimate of drug-likeness (QED) is 0.785. The van der Waals surface area contributed by atoms with Gasteiger partial charge in [0, 0.05) is 6.42 Å². The van der Waals surface area contributed by atoms with Crippen molar-refractivity contribution in [2.24, 2.45) is 0 Å². The van der Waals surface area contributed by atoms with Crippen molar-refractivity contribution in [3.8, 4) is 17.9 Å². The lowest BCUT2D eigenvalue weighted by Crippen LogP contribution is -2.23. The van der Waals surface area contributed by atoms with Gasteiger partial charge in [-0.2, -0.15) is 5.26 Å². The summed E-state index contributed by atoms with van der Waals surface area (Å²) in [6.45, 7) is 1.27. The topological polar surface area (TPSA) is 103 Å². The largest absolute Gasteiger partial charge is 0.395 e. The summed E-state index contributed by atoms with van der Waals surface area (Å²) < 4.78 is 25.3. The van der Waals surface area contributed by atoms with E-state index in [1.165, 1.54) is 13.1 Å². The highest BCUT2D eigenvalue weighted by Gasteiger charge is 2.21. The lowest BCUT2D eigenvalue weighted by molar-refractivity contribution is 0.305. The van der Waals surface area contributed by atoms with E-state index in [1.807, 2.05) is 0 Å². The number of nitriles is 1. The fourth-order valence-electron chi connectivity index (χ4n) is 0.864. The number of aliphatic hydroxyl groups is 1. The fourth-order valence-corrected chi connectivity index (χ4v) is 2.53. The fraction of sp³-hybridized carbons (Fsp3) is 0.400. The van der Waals surface area contributed by atoms with Gasteiger partial charge in [-0.15, -0.1) is 0 Å². The van der Waals surface area contributed by atoms with Crippen molar-refractivity contribution < 1.29 is 13.5 Å². The molecule has 1 aromatic rings. The molecule has 0 spiro atoms. The van der Waals surface area contributed by atoms with Gasteiger partial charge in [0.2, 0.25) is 0 Å². The van der Waals surface area contributed by atoms with E-state index >= 15 is 0 Å². The number of thiazole rings is 1. The first-order chi connectivity index (χ1) is 8.49. The molecule has 0 saturated heterocycles. The molecule has 1 atom stereocenters.